The fourth-order valence-corrected chi connectivity index (χ4v) is 4.14. The Morgan fingerprint density at radius 2 is 2.03 bits per heavy atom. The summed E-state index contributed by atoms with van der Waals surface area (Å²) in [7, 11) is 0. The van der Waals surface area contributed by atoms with Gasteiger partial charge in [-0.25, -0.2) is 4.39 Å². The molecular formula is C23H24F4N6O. The predicted octanol–water partition coefficient (Wildman–Crippen LogP) is 5.07. The Bertz CT molecular complexity index is 1290. The molecule has 2 atom stereocenters. The Labute approximate surface area is 192 Å². The van der Waals surface area contributed by atoms with Crippen molar-refractivity contribution in [2.24, 2.45) is 5.92 Å². The van der Waals surface area contributed by atoms with Gasteiger partial charge >= 0.3 is 6.18 Å². The van der Waals surface area contributed by atoms with Crippen molar-refractivity contribution in [1.29, 1.82) is 5.26 Å². The third-order valence-corrected chi connectivity index (χ3v) is 5.81. The number of hydrogen-bond acceptors (Lipinski definition) is 5. The molecule has 0 saturated heterocycles. The highest BCUT2D eigenvalue weighted by molar-refractivity contribution is 5.91. The highest BCUT2D eigenvalue weighted by Crippen LogP contribution is 2.43. The highest BCUT2D eigenvalue weighted by Gasteiger charge is 2.42. The monoisotopic (exact) mass is 476 g/mol. The fraction of sp³-hybridized carbons (Fsp3) is 0.435. The minimum absolute atomic E-state index is 0.139. The largest absolute Gasteiger partial charge is 0.408 e. The Balaban J connectivity index is 1.71. The van der Waals surface area contributed by atoms with E-state index in [2.05, 4.69) is 26.8 Å². The van der Waals surface area contributed by atoms with E-state index in [1.54, 1.807) is 24.6 Å². The molecule has 1 saturated carbocycles. The number of aromatic amines is 1. The summed E-state index contributed by atoms with van der Waals surface area (Å²) in [6, 6.07) is 4.29. The number of nitrogens with one attached hydrogen (secondary N) is 3. The minimum Gasteiger partial charge on any atom is -0.338 e. The summed E-state index contributed by atoms with van der Waals surface area (Å²) in [4.78, 5) is 15.1. The van der Waals surface area contributed by atoms with Crippen LogP contribution in [0.25, 0.3) is 10.9 Å². The maximum Gasteiger partial charge on any atom is 0.408 e. The molecule has 0 amide bonds. The first-order chi connectivity index (χ1) is 16.1. The number of H-pyrrole nitrogens is 1. The molecule has 4 rings (SSSR count). The molecule has 1 aromatic carbocycles. The molecule has 1 unspecified atom stereocenters. The van der Waals surface area contributed by atoms with Crippen molar-refractivity contribution in [2.45, 2.75) is 57.4 Å². The van der Waals surface area contributed by atoms with Crippen LogP contribution in [0, 0.1) is 23.1 Å². The van der Waals surface area contributed by atoms with E-state index in [-0.39, 0.29) is 35.3 Å². The topological polar surface area (TPSA) is 98.5 Å². The average molecular weight is 476 g/mol. The number of benzene rings is 1. The van der Waals surface area contributed by atoms with Gasteiger partial charge in [0.1, 0.15) is 17.2 Å². The second kappa shape index (κ2) is 9.10. The van der Waals surface area contributed by atoms with E-state index in [0.29, 0.717) is 5.52 Å². The summed E-state index contributed by atoms with van der Waals surface area (Å²) in [6.45, 7) is 3.10. The van der Waals surface area contributed by atoms with E-state index in [1.165, 1.54) is 12.3 Å². The van der Waals surface area contributed by atoms with Crippen molar-refractivity contribution in [3.8, 4) is 6.07 Å². The number of anilines is 2. The van der Waals surface area contributed by atoms with Crippen LogP contribution in [0.1, 0.15) is 50.8 Å². The van der Waals surface area contributed by atoms with Gasteiger partial charge in [-0.1, -0.05) is 19.9 Å². The molecule has 11 heteroatoms. The van der Waals surface area contributed by atoms with Crippen molar-refractivity contribution in [2.75, 3.05) is 5.32 Å². The summed E-state index contributed by atoms with van der Waals surface area (Å²) in [5, 5.41) is 19.2. The maximum absolute atomic E-state index is 14.8. The van der Waals surface area contributed by atoms with Gasteiger partial charge in [0.25, 0.3) is 5.56 Å². The van der Waals surface area contributed by atoms with Gasteiger partial charge in [-0.3, -0.25) is 9.48 Å². The molecule has 180 valence electrons. The van der Waals surface area contributed by atoms with E-state index >= 15 is 0 Å². The quantitative estimate of drug-likeness (QED) is 0.394. The summed E-state index contributed by atoms with van der Waals surface area (Å²) < 4.78 is 57.0. The zero-order chi connectivity index (χ0) is 24.6. The number of aromatic nitrogens is 3. The Kier molecular flexibility index (Phi) is 6.36. The van der Waals surface area contributed by atoms with E-state index in [4.69, 9.17) is 0 Å². The van der Waals surface area contributed by atoms with Crippen LogP contribution in [0.3, 0.4) is 0 Å². The molecule has 3 N–H and O–H groups in total. The fourth-order valence-electron chi connectivity index (χ4n) is 4.14. The molecule has 0 radical (unpaired) electrons. The Hall–Kier alpha value is -3.39. The van der Waals surface area contributed by atoms with E-state index in [0.717, 1.165) is 25.0 Å². The number of rotatable bonds is 8. The zero-order valence-corrected chi connectivity index (χ0v) is 18.6. The van der Waals surface area contributed by atoms with Crippen LogP contribution >= 0.6 is 0 Å². The number of nitriles is 1. The number of fused-ring (bicyclic) bond motifs is 1. The van der Waals surface area contributed by atoms with Gasteiger partial charge in [0.2, 0.25) is 0 Å². The van der Waals surface area contributed by atoms with Crippen molar-refractivity contribution in [3.63, 3.8) is 0 Å². The molecule has 3 aromatic rings. The van der Waals surface area contributed by atoms with Crippen LogP contribution in [-0.4, -0.2) is 27.0 Å². The van der Waals surface area contributed by atoms with Crippen molar-refractivity contribution < 1.29 is 17.6 Å². The first-order valence-electron chi connectivity index (χ1n) is 11.0. The van der Waals surface area contributed by atoms with Gasteiger partial charge in [0.15, 0.2) is 5.82 Å². The van der Waals surface area contributed by atoms with Gasteiger partial charge < -0.3 is 15.6 Å². The molecule has 34 heavy (non-hydrogen) atoms. The second-order valence-electron chi connectivity index (χ2n) is 8.78. The smallest absolute Gasteiger partial charge is 0.338 e. The van der Waals surface area contributed by atoms with E-state index in [1.807, 2.05) is 0 Å². The molecule has 2 heterocycles. The lowest BCUT2D eigenvalue weighted by atomic mass is 10.0. The summed E-state index contributed by atoms with van der Waals surface area (Å²) in [5.74, 6) is -0.627. The third kappa shape index (κ3) is 4.77. The van der Waals surface area contributed by atoms with Gasteiger partial charge in [-0.2, -0.15) is 23.5 Å². The van der Waals surface area contributed by atoms with Crippen molar-refractivity contribution >= 4 is 22.4 Å². The van der Waals surface area contributed by atoms with Gasteiger partial charge in [0, 0.05) is 23.5 Å². The molecule has 0 bridgehead atoms. The third-order valence-electron chi connectivity index (χ3n) is 5.81. The number of hydrogen-bond donors (Lipinski definition) is 3. The van der Waals surface area contributed by atoms with Gasteiger partial charge in [-0.15, -0.1) is 0 Å². The second-order valence-corrected chi connectivity index (χ2v) is 8.78. The van der Waals surface area contributed by atoms with Crippen LogP contribution < -0.4 is 16.2 Å². The molecule has 7 nitrogen and oxygen atoms in total. The number of nitrogens with zero attached hydrogens (tertiary/aromatic N) is 3. The summed E-state index contributed by atoms with van der Waals surface area (Å²) in [6.07, 6.45) is -1.07. The molecule has 1 aliphatic carbocycles. The minimum atomic E-state index is -4.68. The first kappa shape index (κ1) is 23.8. The average Bonchev–Trinajstić information content (AvgIpc) is 3.52. The standard InChI is InChI=1S/C23H24F4N6O/c1-12(2)30-20(23(25,26)27)15-6-5-14(11-16(15)24)31-21-19-18(8-10-29-22(19)34)33(32-21)17(7-9-28)13-3-4-13/h5-6,8,10-13,17,20,30H,3-4,7H2,1-2H3,(H,29,34)(H,31,32)/t17?,20-/m0/s1. The Morgan fingerprint density at radius 1 is 1.29 bits per heavy atom. The molecular weight excluding hydrogens is 452 g/mol. The highest BCUT2D eigenvalue weighted by atomic mass is 19.4. The van der Waals surface area contributed by atoms with E-state index in [9.17, 15) is 27.6 Å². The lowest BCUT2D eigenvalue weighted by Gasteiger charge is -2.25. The van der Waals surface area contributed by atoms with Gasteiger partial charge in [0.05, 0.1) is 24.0 Å². The van der Waals surface area contributed by atoms with Gasteiger partial charge in [-0.05, 0) is 37.0 Å². The normalized spacial score (nSPS) is 15.9. The zero-order valence-electron chi connectivity index (χ0n) is 18.6. The summed E-state index contributed by atoms with van der Waals surface area (Å²) >= 11 is 0. The van der Waals surface area contributed by atoms with Crippen LogP contribution in [-0.2, 0) is 0 Å². The van der Waals surface area contributed by atoms with E-state index < -0.39 is 35.2 Å². The number of pyridine rings is 1. The first-order valence-corrected chi connectivity index (χ1v) is 11.0. The summed E-state index contributed by atoms with van der Waals surface area (Å²) in [5.41, 5.74) is -0.283. The molecule has 0 spiro atoms. The number of halogens is 4. The van der Waals surface area contributed by atoms with Crippen molar-refractivity contribution in [1.82, 2.24) is 20.1 Å². The van der Waals surface area contributed by atoms with Crippen LogP contribution in [0.2, 0.25) is 0 Å². The predicted molar refractivity (Wildman–Crippen MR) is 119 cm³/mol. The molecule has 1 fully saturated rings. The molecule has 2 aromatic heterocycles. The van der Waals surface area contributed by atoms with Crippen molar-refractivity contribution in [3.05, 3.63) is 52.2 Å². The van der Waals surface area contributed by atoms with Crippen LogP contribution in [0.4, 0.5) is 29.1 Å². The number of alkyl halides is 3. The molecule has 1 aliphatic rings. The lowest BCUT2D eigenvalue weighted by Crippen LogP contribution is -2.38. The molecule has 0 aliphatic heterocycles. The maximum atomic E-state index is 14.8. The van der Waals surface area contributed by atoms with Crippen LogP contribution in [0.5, 0.6) is 0 Å². The van der Waals surface area contributed by atoms with Crippen LogP contribution in [0.15, 0.2) is 35.3 Å². The Morgan fingerprint density at radius 3 is 2.62 bits per heavy atom. The lowest BCUT2D eigenvalue weighted by molar-refractivity contribution is -0.159. The SMILES string of the molecule is CC(C)N[C@@H](c1ccc(Nc2nn(C(CC#N)C3CC3)c3cc[nH]c(=O)c23)cc1F)C(F)(F)F.